The average Bonchev–Trinajstić information content (AvgIpc) is 2.22. The van der Waals surface area contributed by atoms with Crippen molar-refractivity contribution in [3.8, 4) is 0 Å². The molecule has 0 heterocycles. The molecule has 3 heteroatoms. The van der Waals surface area contributed by atoms with Crippen molar-refractivity contribution in [1.82, 2.24) is 5.32 Å². The molecule has 1 N–H and O–H groups in total. The quantitative estimate of drug-likeness (QED) is 0.697. The first-order valence-electron chi connectivity index (χ1n) is 6.16. The summed E-state index contributed by atoms with van der Waals surface area (Å²) in [5, 5.41) is 3.09. The van der Waals surface area contributed by atoms with E-state index < -0.39 is 0 Å². The summed E-state index contributed by atoms with van der Waals surface area (Å²) >= 11 is 4.06. The van der Waals surface area contributed by atoms with E-state index in [0.717, 1.165) is 5.92 Å². The fourth-order valence-corrected chi connectivity index (χ4v) is 2.61. The molecule has 2 nitrogen and oxygen atoms in total. The number of carbonyl (C=O) groups excluding carboxylic acids is 1. The van der Waals surface area contributed by atoms with Crippen LogP contribution in [0.3, 0.4) is 0 Å². The van der Waals surface area contributed by atoms with Gasteiger partial charge in [0, 0.05) is 12.5 Å². The highest BCUT2D eigenvalue weighted by Gasteiger charge is 2.21. The molecular formula is C12H23NOS. The minimum atomic E-state index is 0.170. The standard InChI is InChI=1S/C12H23NOS/c1-2-3-10-4-6-11(7-5-10)13-12(14)8-9-15/h10-11,15H,2-9H2,1H3,(H,13,14). The summed E-state index contributed by atoms with van der Waals surface area (Å²) in [5.74, 6) is 1.73. The van der Waals surface area contributed by atoms with Gasteiger partial charge in [0.1, 0.15) is 0 Å². The maximum Gasteiger partial charge on any atom is 0.221 e. The second kappa shape index (κ2) is 7.15. The highest BCUT2D eigenvalue weighted by molar-refractivity contribution is 7.80. The lowest BCUT2D eigenvalue weighted by Crippen LogP contribution is -2.37. The summed E-state index contributed by atoms with van der Waals surface area (Å²) in [5.41, 5.74) is 0. The van der Waals surface area contributed by atoms with Crippen molar-refractivity contribution in [2.24, 2.45) is 5.92 Å². The molecule has 1 rings (SSSR count). The molecule has 0 aromatic heterocycles. The van der Waals surface area contributed by atoms with E-state index in [1.165, 1.54) is 38.5 Å². The summed E-state index contributed by atoms with van der Waals surface area (Å²) in [4.78, 5) is 11.4. The van der Waals surface area contributed by atoms with Crippen molar-refractivity contribution in [3.05, 3.63) is 0 Å². The molecular weight excluding hydrogens is 206 g/mol. The second-order valence-corrected chi connectivity index (χ2v) is 4.99. The monoisotopic (exact) mass is 229 g/mol. The van der Waals surface area contributed by atoms with Crippen LogP contribution >= 0.6 is 12.6 Å². The van der Waals surface area contributed by atoms with Crippen LogP contribution in [0.4, 0.5) is 0 Å². The third kappa shape index (κ3) is 4.92. The van der Waals surface area contributed by atoms with E-state index in [0.29, 0.717) is 18.2 Å². The predicted molar refractivity (Wildman–Crippen MR) is 67.3 cm³/mol. The Morgan fingerprint density at radius 3 is 2.53 bits per heavy atom. The average molecular weight is 229 g/mol. The van der Waals surface area contributed by atoms with Crippen LogP contribution in [0.1, 0.15) is 51.9 Å². The molecule has 0 saturated heterocycles. The fourth-order valence-electron chi connectivity index (χ4n) is 2.41. The lowest BCUT2D eigenvalue weighted by Gasteiger charge is -2.28. The number of amides is 1. The first kappa shape index (κ1) is 12.9. The van der Waals surface area contributed by atoms with Crippen LogP contribution in [-0.2, 0) is 4.79 Å². The SMILES string of the molecule is CCCC1CCC(NC(=O)CCS)CC1. The van der Waals surface area contributed by atoms with E-state index in [-0.39, 0.29) is 5.91 Å². The van der Waals surface area contributed by atoms with E-state index in [1.54, 1.807) is 0 Å². The van der Waals surface area contributed by atoms with E-state index in [4.69, 9.17) is 0 Å². The van der Waals surface area contributed by atoms with Gasteiger partial charge in [0.05, 0.1) is 0 Å². The van der Waals surface area contributed by atoms with Crippen molar-refractivity contribution >= 4 is 18.5 Å². The topological polar surface area (TPSA) is 29.1 Å². The van der Waals surface area contributed by atoms with E-state index in [1.807, 2.05) is 0 Å². The summed E-state index contributed by atoms with van der Waals surface area (Å²) in [7, 11) is 0. The Hall–Kier alpha value is -0.180. The molecule has 0 unspecified atom stereocenters. The lowest BCUT2D eigenvalue weighted by molar-refractivity contribution is -0.121. The summed E-state index contributed by atoms with van der Waals surface area (Å²) < 4.78 is 0. The largest absolute Gasteiger partial charge is 0.353 e. The summed E-state index contributed by atoms with van der Waals surface area (Å²) in [6, 6.07) is 0.436. The van der Waals surface area contributed by atoms with Gasteiger partial charge in [-0.25, -0.2) is 0 Å². The van der Waals surface area contributed by atoms with Gasteiger partial charge in [0.2, 0.25) is 5.91 Å². The molecule has 88 valence electrons. The van der Waals surface area contributed by atoms with E-state index >= 15 is 0 Å². The zero-order valence-corrected chi connectivity index (χ0v) is 10.6. The number of hydrogen-bond donors (Lipinski definition) is 2. The predicted octanol–water partition coefficient (Wildman–Crippen LogP) is 2.78. The molecule has 1 aliphatic carbocycles. The molecule has 1 amide bonds. The third-order valence-electron chi connectivity index (χ3n) is 3.25. The number of carbonyl (C=O) groups is 1. The Balaban J connectivity index is 2.16. The van der Waals surface area contributed by atoms with Crippen molar-refractivity contribution in [3.63, 3.8) is 0 Å². The van der Waals surface area contributed by atoms with Crippen molar-refractivity contribution < 1.29 is 4.79 Å². The number of hydrogen-bond acceptors (Lipinski definition) is 2. The first-order chi connectivity index (χ1) is 7.26. The highest BCUT2D eigenvalue weighted by atomic mass is 32.1. The maximum atomic E-state index is 11.4. The molecule has 0 aromatic rings. The normalized spacial score (nSPS) is 26.3. The Labute approximate surface area is 98.6 Å². The van der Waals surface area contributed by atoms with Gasteiger partial charge in [0.15, 0.2) is 0 Å². The van der Waals surface area contributed by atoms with E-state index in [9.17, 15) is 4.79 Å². The van der Waals surface area contributed by atoms with Crippen LogP contribution in [0.2, 0.25) is 0 Å². The Morgan fingerprint density at radius 2 is 2.00 bits per heavy atom. The minimum Gasteiger partial charge on any atom is -0.353 e. The van der Waals surface area contributed by atoms with Gasteiger partial charge in [-0.05, 0) is 37.4 Å². The Morgan fingerprint density at radius 1 is 1.33 bits per heavy atom. The molecule has 1 saturated carbocycles. The van der Waals surface area contributed by atoms with Gasteiger partial charge in [-0.15, -0.1) is 0 Å². The zero-order chi connectivity index (χ0) is 11.1. The first-order valence-corrected chi connectivity index (χ1v) is 6.79. The highest BCUT2D eigenvalue weighted by Crippen LogP contribution is 2.27. The van der Waals surface area contributed by atoms with Gasteiger partial charge >= 0.3 is 0 Å². The number of nitrogens with one attached hydrogen (secondary N) is 1. The summed E-state index contributed by atoms with van der Waals surface area (Å²) in [6.07, 6.45) is 8.13. The van der Waals surface area contributed by atoms with Crippen molar-refractivity contribution in [1.29, 1.82) is 0 Å². The Kier molecular flexibility index (Phi) is 6.15. The van der Waals surface area contributed by atoms with Gasteiger partial charge in [0.25, 0.3) is 0 Å². The van der Waals surface area contributed by atoms with Crippen LogP contribution in [0.5, 0.6) is 0 Å². The van der Waals surface area contributed by atoms with Crippen molar-refractivity contribution in [2.45, 2.75) is 57.9 Å². The minimum absolute atomic E-state index is 0.170. The van der Waals surface area contributed by atoms with Gasteiger partial charge in [-0.1, -0.05) is 19.8 Å². The molecule has 15 heavy (non-hydrogen) atoms. The fraction of sp³-hybridized carbons (Fsp3) is 0.917. The smallest absolute Gasteiger partial charge is 0.221 e. The molecule has 0 spiro atoms. The summed E-state index contributed by atoms with van der Waals surface area (Å²) in [6.45, 7) is 2.25. The van der Waals surface area contributed by atoms with Crippen LogP contribution in [-0.4, -0.2) is 17.7 Å². The molecule has 0 aromatic carbocycles. The van der Waals surface area contributed by atoms with Gasteiger partial charge in [-0.3, -0.25) is 4.79 Å². The molecule has 1 fully saturated rings. The second-order valence-electron chi connectivity index (χ2n) is 4.55. The zero-order valence-electron chi connectivity index (χ0n) is 9.67. The molecule has 0 bridgehead atoms. The third-order valence-corrected chi connectivity index (χ3v) is 3.47. The van der Waals surface area contributed by atoms with Crippen LogP contribution < -0.4 is 5.32 Å². The van der Waals surface area contributed by atoms with Gasteiger partial charge < -0.3 is 5.32 Å². The van der Waals surface area contributed by atoms with Crippen molar-refractivity contribution in [2.75, 3.05) is 5.75 Å². The van der Waals surface area contributed by atoms with E-state index in [2.05, 4.69) is 24.9 Å². The van der Waals surface area contributed by atoms with Crippen LogP contribution in [0, 0.1) is 5.92 Å². The molecule has 0 atom stereocenters. The van der Waals surface area contributed by atoms with Crippen LogP contribution in [0.25, 0.3) is 0 Å². The lowest BCUT2D eigenvalue weighted by atomic mass is 9.83. The Bertz CT molecular complexity index is 188. The van der Waals surface area contributed by atoms with Gasteiger partial charge in [-0.2, -0.15) is 12.6 Å². The molecule has 1 aliphatic rings. The van der Waals surface area contributed by atoms with Crippen LogP contribution in [0.15, 0.2) is 0 Å². The molecule has 0 aliphatic heterocycles. The molecule has 0 radical (unpaired) electrons. The maximum absolute atomic E-state index is 11.4. The number of thiol groups is 1. The number of rotatable bonds is 5.